The molecule has 2 bridgehead atoms. The third-order valence-corrected chi connectivity index (χ3v) is 4.01. The van der Waals surface area contributed by atoms with Crippen molar-refractivity contribution in [2.45, 2.75) is 25.9 Å². The maximum Gasteiger partial charge on any atom is 0.149 e. The van der Waals surface area contributed by atoms with Crippen LogP contribution in [0.2, 0.25) is 0 Å². The average Bonchev–Trinajstić information content (AvgIpc) is 2.63. The molecule has 0 amide bonds. The number of allylic oxidation sites excluding steroid dienone is 2. The molecule has 0 fully saturated rings. The van der Waals surface area contributed by atoms with Crippen molar-refractivity contribution in [3.63, 3.8) is 0 Å². The van der Waals surface area contributed by atoms with Crippen molar-refractivity contribution in [1.82, 2.24) is 0 Å². The normalized spacial score (nSPS) is 37.6. The zero-order valence-electron chi connectivity index (χ0n) is 9.04. The van der Waals surface area contributed by atoms with Crippen molar-refractivity contribution >= 4 is 6.29 Å². The first-order chi connectivity index (χ1) is 7.20. The number of rotatable bonds is 1. The Bertz CT molecular complexity index is 439. The average molecular weight is 202 g/mol. The van der Waals surface area contributed by atoms with E-state index in [2.05, 4.69) is 26.0 Å². The topological polar surface area (TPSA) is 26.3 Å². The Balaban J connectivity index is 2.30. The molecule has 4 rings (SSSR count). The van der Waals surface area contributed by atoms with Crippen molar-refractivity contribution in [3.05, 3.63) is 34.4 Å². The van der Waals surface area contributed by atoms with Gasteiger partial charge in [0.25, 0.3) is 0 Å². The Kier molecular flexibility index (Phi) is 1.64. The van der Waals surface area contributed by atoms with Crippen molar-refractivity contribution in [2.75, 3.05) is 6.61 Å². The number of carbonyl (C=O) groups is 1. The fraction of sp³-hybridized carbons (Fsp3) is 0.462. The second-order valence-corrected chi connectivity index (χ2v) is 4.60. The molecule has 4 aliphatic rings. The maximum absolute atomic E-state index is 11.3. The highest BCUT2D eigenvalue weighted by Crippen LogP contribution is 2.53. The predicted molar refractivity (Wildman–Crippen MR) is 57.4 cm³/mol. The molecule has 1 aliphatic heterocycles. The van der Waals surface area contributed by atoms with E-state index in [1.807, 2.05) is 0 Å². The number of carbonyl (C=O) groups excluding carboxylic acids is 1. The molecular formula is C13H14O2. The van der Waals surface area contributed by atoms with Crippen LogP contribution in [0.3, 0.4) is 0 Å². The van der Waals surface area contributed by atoms with Gasteiger partial charge in [-0.2, -0.15) is 0 Å². The minimum absolute atomic E-state index is 0.417. The molecule has 0 saturated heterocycles. The molecule has 0 aromatic carbocycles. The molecule has 0 saturated carbocycles. The van der Waals surface area contributed by atoms with E-state index in [0.717, 1.165) is 18.3 Å². The van der Waals surface area contributed by atoms with Crippen LogP contribution < -0.4 is 0 Å². The minimum Gasteiger partial charge on any atom is -0.357 e. The lowest BCUT2D eigenvalue weighted by atomic mass is 9.63. The van der Waals surface area contributed by atoms with Gasteiger partial charge in [0, 0.05) is 11.5 Å². The highest BCUT2D eigenvalue weighted by molar-refractivity contribution is 5.84. The van der Waals surface area contributed by atoms with E-state index in [1.165, 1.54) is 16.7 Å². The van der Waals surface area contributed by atoms with Gasteiger partial charge in [-0.05, 0) is 31.4 Å². The molecule has 0 radical (unpaired) electrons. The van der Waals surface area contributed by atoms with E-state index < -0.39 is 5.60 Å². The summed E-state index contributed by atoms with van der Waals surface area (Å²) in [6.07, 6.45) is 6.40. The largest absolute Gasteiger partial charge is 0.357 e. The van der Waals surface area contributed by atoms with Gasteiger partial charge >= 0.3 is 0 Å². The fourth-order valence-corrected chi connectivity index (χ4v) is 3.21. The first-order valence-corrected chi connectivity index (χ1v) is 5.39. The Morgan fingerprint density at radius 3 is 3.07 bits per heavy atom. The van der Waals surface area contributed by atoms with Gasteiger partial charge in [0.1, 0.15) is 11.9 Å². The van der Waals surface area contributed by atoms with Crippen molar-refractivity contribution in [3.8, 4) is 0 Å². The van der Waals surface area contributed by atoms with Crippen LogP contribution >= 0.6 is 0 Å². The van der Waals surface area contributed by atoms with Gasteiger partial charge in [-0.1, -0.05) is 17.7 Å². The molecule has 1 spiro atoms. The van der Waals surface area contributed by atoms with E-state index in [1.54, 1.807) is 0 Å². The van der Waals surface area contributed by atoms with Crippen molar-refractivity contribution < 1.29 is 9.53 Å². The molecule has 78 valence electrons. The summed E-state index contributed by atoms with van der Waals surface area (Å²) < 4.78 is 5.87. The SMILES string of the molecule is CC1=CC2CC3=CCOC13C(C=O)=C2C. The van der Waals surface area contributed by atoms with Crippen LogP contribution in [-0.4, -0.2) is 18.5 Å². The highest BCUT2D eigenvalue weighted by Gasteiger charge is 2.51. The van der Waals surface area contributed by atoms with E-state index in [9.17, 15) is 4.79 Å². The smallest absolute Gasteiger partial charge is 0.149 e. The molecule has 1 heterocycles. The third kappa shape index (κ3) is 0.864. The van der Waals surface area contributed by atoms with E-state index in [4.69, 9.17) is 4.74 Å². The van der Waals surface area contributed by atoms with Gasteiger partial charge < -0.3 is 4.74 Å². The maximum atomic E-state index is 11.3. The van der Waals surface area contributed by atoms with Gasteiger partial charge in [-0.15, -0.1) is 0 Å². The third-order valence-electron chi connectivity index (χ3n) is 4.01. The van der Waals surface area contributed by atoms with Crippen LogP contribution in [-0.2, 0) is 9.53 Å². The van der Waals surface area contributed by atoms with Gasteiger partial charge in [-0.3, -0.25) is 4.79 Å². The molecular weight excluding hydrogens is 188 g/mol. The van der Waals surface area contributed by atoms with Crippen molar-refractivity contribution in [2.24, 2.45) is 5.92 Å². The zero-order valence-corrected chi connectivity index (χ0v) is 9.04. The van der Waals surface area contributed by atoms with Crippen LogP contribution in [0.15, 0.2) is 34.4 Å². The Morgan fingerprint density at radius 1 is 1.53 bits per heavy atom. The van der Waals surface area contributed by atoms with E-state index in [-0.39, 0.29) is 0 Å². The standard InChI is InChI=1S/C13H14O2/c1-8-5-10-6-11-3-4-15-13(8,11)12(7-14)9(10)2/h3,5,7,10H,4,6H2,1-2H3. The van der Waals surface area contributed by atoms with Crippen LogP contribution in [0.4, 0.5) is 0 Å². The summed E-state index contributed by atoms with van der Waals surface area (Å²) in [6, 6.07) is 0. The quantitative estimate of drug-likeness (QED) is 0.481. The van der Waals surface area contributed by atoms with E-state index >= 15 is 0 Å². The fourth-order valence-electron chi connectivity index (χ4n) is 3.21. The van der Waals surface area contributed by atoms with Gasteiger partial charge in [-0.25, -0.2) is 0 Å². The monoisotopic (exact) mass is 202 g/mol. The molecule has 2 unspecified atom stereocenters. The van der Waals surface area contributed by atoms with Gasteiger partial charge in [0.15, 0.2) is 0 Å². The van der Waals surface area contributed by atoms with Crippen LogP contribution in [0.5, 0.6) is 0 Å². The van der Waals surface area contributed by atoms with Crippen LogP contribution in [0.25, 0.3) is 0 Å². The highest BCUT2D eigenvalue weighted by atomic mass is 16.5. The number of aldehydes is 1. The van der Waals surface area contributed by atoms with Crippen LogP contribution in [0.1, 0.15) is 20.3 Å². The summed E-state index contributed by atoms with van der Waals surface area (Å²) in [7, 11) is 0. The summed E-state index contributed by atoms with van der Waals surface area (Å²) in [5.41, 5.74) is 4.05. The Hall–Kier alpha value is -1.15. The number of hydrogen-bond donors (Lipinski definition) is 0. The second kappa shape index (κ2) is 2.70. The van der Waals surface area contributed by atoms with Gasteiger partial charge in [0.05, 0.1) is 6.61 Å². The molecule has 0 N–H and O–H groups in total. The molecule has 15 heavy (non-hydrogen) atoms. The lowest BCUT2D eigenvalue weighted by Crippen LogP contribution is -2.44. The molecule has 2 atom stereocenters. The molecule has 3 aliphatic carbocycles. The zero-order chi connectivity index (χ0) is 10.6. The predicted octanol–water partition coefficient (Wildman–Crippen LogP) is 2.18. The lowest BCUT2D eigenvalue weighted by Gasteiger charge is -2.45. The molecule has 2 nitrogen and oxygen atoms in total. The summed E-state index contributed by atoms with van der Waals surface area (Å²) >= 11 is 0. The number of ether oxygens (including phenoxy) is 1. The summed E-state index contributed by atoms with van der Waals surface area (Å²) in [6.45, 7) is 4.76. The van der Waals surface area contributed by atoms with E-state index in [0.29, 0.717) is 12.5 Å². The summed E-state index contributed by atoms with van der Waals surface area (Å²) in [4.78, 5) is 11.3. The summed E-state index contributed by atoms with van der Waals surface area (Å²) in [5, 5.41) is 0. The Labute approximate surface area is 89.3 Å². The van der Waals surface area contributed by atoms with Gasteiger partial charge in [0.2, 0.25) is 0 Å². The second-order valence-electron chi connectivity index (χ2n) is 4.60. The van der Waals surface area contributed by atoms with Crippen LogP contribution in [0, 0.1) is 5.92 Å². The number of hydrogen-bond acceptors (Lipinski definition) is 2. The molecule has 0 aromatic heterocycles. The molecule has 2 heteroatoms. The minimum atomic E-state index is -0.472. The Morgan fingerprint density at radius 2 is 2.33 bits per heavy atom. The first-order valence-electron chi connectivity index (χ1n) is 5.39. The molecule has 0 aromatic rings. The summed E-state index contributed by atoms with van der Waals surface area (Å²) in [5.74, 6) is 0.417. The first kappa shape index (κ1) is 9.10. The van der Waals surface area contributed by atoms with Crippen molar-refractivity contribution in [1.29, 1.82) is 0 Å². The lowest BCUT2D eigenvalue weighted by molar-refractivity contribution is -0.106.